The van der Waals surface area contributed by atoms with E-state index < -0.39 is 11.9 Å². The highest BCUT2D eigenvalue weighted by Crippen LogP contribution is 2.42. The second-order valence-corrected chi connectivity index (χ2v) is 4.36. The van der Waals surface area contributed by atoms with E-state index in [1.165, 1.54) is 0 Å². The molecule has 0 spiro atoms. The normalized spacial score (nSPS) is 29.4. The van der Waals surface area contributed by atoms with Crippen LogP contribution in [0.15, 0.2) is 4.79 Å². The van der Waals surface area contributed by atoms with Gasteiger partial charge in [0.25, 0.3) is 0 Å². The Kier molecular flexibility index (Phi) is 2.80. The zero-order valence-electron chi connectivity index (χ0n) is 9.06. The summed E-state index contributed by atoms with van der Waals surface area (Å²) in [7, 11) is 0. The van der Waals surface area contributed by atoms with Crippen molar-refractivity contribution in [2.45, 2.75) is 32.1 Å². The Bertz CT molecular complexity index is 437. The molecule has 1 aromatic heterocycles. The molecule has 0 aromatic carbocycles. The van der Waals surface area contributed by atoms with Gasteiger partial charge in [0.05, 0.1) is 5.92 Å². The first kappa shape index (κ1) is 10.9. The minimum Gasteiger partial charge on any atom is -0.481 e. The van der Waals surface area contributed by atoms with Crippen molar-refractivity contribution in [1.82, 2.24) is 15.2 Å². The Morgan fingerprint density at radius 2 is 2.31 bits per heavy atom. The molecule has 1 aliphatic rings. The molecule has 1 aliphatic carbocycles. The van der Waals surface area contributed by atoms with Gasteiger partial charge in [0.15, 0.2) is 0 Å². The van der Waals surface area contributed by atoms with Gasteiger partial charge in [0.1, 0.15) is 5.82 Å². The van der Waals surface area contributed by atoms with E-state index in [0.29, 0.717) is 18.2 Å². The molecule has 1 fully saturated rings. The second kappa shape index (κ2) is 4.11. The summed E-state index contributed by atoms with van der Waals surface area (Å²) in [4.78, 5) is 24.6. The molecular weight excluding hydrogens is 210 g/mol. The van der Waals surface area contributed by atoms with E-state index in [1.807, 2.05) is 0 Å². The van der Waals surface area contributed by atoms with Gasteiger partial charge in [-0.2, -0.15) is 5.10 Å². The number of hydrogen-bond acceptors (Lipinski definition) is 3. The molecule has 0 bridgehead atoms. The van der Waals surface area contributed by atoms with Gasteiger partial charge in [-0.05, 0) is 18.8 Å². The van der Waals surface area contributed by atoms with Crippen LogP contribution in [0.25, 0.3) is 0 Å². The van der Waals surface area contributed by atoms with Crippen LogP contribution in [0, 0.1) is 11.8 Å². The number of H-pyrrole nitrogens is 2. The Hall–Kier alpha value is -1.59. The third-order valence-corrected chi connectivity index (χ3v) is 3.43. The van der Waals surface area contributed by atoms with Crippen molar-refractivity contribution in [3.63, 3.8) is 0 Å². The molecule has 1 heterocycles. The Morgan fingerprint density at radius 1 is 1.56 bits per heavy atom. The predicted octanol–water partition coefficient (Wildman–Crippen LogP) is 0.702. The molecule has 0 radical (unpaired) electrons. The first-order valence-electron chi connectivity index (χ1n) is 5.49. The van der Waals surface area contributed by atoms with Crippen LogP contribution >= 0.6 is 0 Å². The Labute approximate surface area is 92.1 Å². The van der Waals surface area contributed by atoms with Gasteiger partial charge < -0.3 is 5.11 Å². The van der Waals surface area contributed by atoms with E-state index in [1.54, 1.807) is 0 Å². The maximum Gasteiger partial charge on any atom is 0.340 e. The summed E-state index contributed by atoms with van der Waals surface area (Å²) in [6, 6.07) is 0. The number of aromatic nitrogens is 3. The van der Waals surface area contributed by atoms with Crippen LogP contribution in [0.4, 0.5) is 0 Å². The minimum absolute atomic E-state index is 0.165. The summed E-state index contributed by atoms with van der Waals surface area (Å²) >= 11 is 0. The van der Waals surface area contributed by atoms with Gasteiger partial charge in [-0.1, -0.05) is 13.3 Å². The van der Waals surface area contributed by atoms with Crippen LogP contribution in [-0.2, 0) is 4.79 Å². The highest BCUT2D eigenvalue weighted by molar-refractivity contribution is 5.71. The summed E-state index contributed by atoms with van der Waals surface area (Å²) in [6.07, 6.45) is 2.43. The summed E-state index contributed by atoms with van der Waals surface area (Å²) in [6.45, 7) is 2.05. The molecule has 88 valence electrons. The monoisotopic (exact) mass is 225 g/mol. The lowest BCUT2D eigenvalue weighted by molar-refractivity contribution is -0.142. The molecule has 1 aromatic rings. The Balaban J connectivity index is 2.24. The number of carboxylic acids is 1. The molecule has 1 saturated carbocycles. The summed E-state index contributed by atoms with van der Waals surface area (Å²) < 4.78 is 0. The largest absolute Gasteiger partial charge is 0.481 e. The van der Waals surface area contributed by atoms with E-state index in [-0.39, 0.29) is 11.6 Å². The van der Waals surface area contributed by atoms with Crippen LogP contribution in [0.2, 0.25) is 0 Å². The van der Waals surface area contributed by atoms with Crippen molar-refractivity contribution in [2.24, 2.45) is 11.8 Å². The lowest BCUT2D eigenvalue weighted by Gasteiger charge is -2.11. The topological polar surface area (TPSA) is 98.8 Å². The molecule has 6 heteroatoms. The highest BCUT2D eigenvalue weighted by Gasteiger charge is 2.40. The maximum atomic E-state index is 11.1. The fraction of sp³-hybridized carbons (Fsp3) is 0.700. The van der Waals surface area contributed by atoms with Crippen LogP contribution in [0.5, 0.6) is 0 Å². The predicted molar refractivity (Wildman–Crippen MR) is 56.1 cm³/mol. The van der Waals surface area contributed by atoms with Crippen molar-refractivity contribution < 1.29 is 9.90 Å². The van der Waals surface area contributed by atoms with E-state index >= 15 is 0 Å². The number of nitrogens with zero attached hydrogens (tertiary/aromatic N) is 1. The van der Waals surface area contributed by atoms with Crippen molar-refractivity contribution in [1.29, 1.82) is 0 Å². The molecule has 6 nitrogen and oxygen atoms in total. The number of carbonyl (C=O) groups is 1. The zero-order chi connectivity index (χ0) is 11.7. The quantitative estimate of drug-likeness (QED) is 0.705. The van der Waals surface area contributed by atoms with Gasteiger partial charge in [-0.25, -0.2) is 9.89 Å². The highest BCUT2D eigenvalue weighted by atomic mass is 16.4. The Morgan fingerprint density at radius 3 is 2.81 bits per heavy atom. The molecule has 3 N–H and O–H groups in total. The van der Waals surface area contributed by atoms with Crippen LogP contribution in [-0.4, -0.2) is 26.3 Å². The first-order valence-corrected chi connectivity index (χ1v) is 5.49. The molecular formula is C10H15N3O3. The van der Waals surface area contributed by atoms with E-state index in [0.717, 1.165) is 12.8 Å². The van der Waals surface area contributed by atoms with Crippen molar-refractivity contribution >= 4 is 5.97 Å². The van der Waals surface area contributed by atoms with Gasteiger partial charge in [0.2, 0.25) is 0 Å². The van der Waals surface area contributed by atoms with Crippen molar-refractivity contribution in [3.05, 3.63) is 16.3 Å². The molecule has 0 amide bonds. The number of nitrogens with one attached hydrogen (secondary N) is 2. The van der Waals surface area contributed by atoms with Gasteiger partial charge in [-0.15, -0.1) is 0 Å². The molecule has 0 saturated heterocycles. The summed E-state index contributed by atoms with van der Waals surface area (Å²) in [5.41, 5.74) is -0.376. The van der Waals surface area contributed by atoms with Crippen LogP contribution in [0.1, 0.15) is 37.9 Å². The number of rotatable bonds is 3. The first-order chi connectivity index (χ1) is 7.61. The lowest BCUT2D eigenvalue weighted by Crippen LogP contribution is -2.18. The summed E-state index contributed by atoms with van der Waals surface area (Å²) in [5.74, 6) is -0.505. The molecule has 0 aliphatic heterocycles. The standard InChI is InChI=1S/C10H15N3O3/c1-2-5-3-6(7(4-5)9(14)15)8-11-10(16)13-12-8/h5-7H,2-4H2,1H3,(H,14,15)(H2,11,12,13,16). The van der Waals surface area contributed by atoms with Gasteiger partial charge in [-0.3, -0.25) is 9.78 Å². The number of aromatic amines is 2. The van der Waals surface area contributed by atoms with E-state index in [9.17, 15) is 9.59 Å². The molecule has 3 atom stereocenters. The van der Waals surface area contributed by atoms with Gasteiger partial charge >= 0.3 is 11.7 Å². The molecule has 16 heavy (non-hydrogen) atoms. The summed E-state index contributed by atoms with van der Waals surface area (Å²) in [5, 5.41) is 15.3. The minimum atomic E-state index is -0.801. The maximum absolute atomic E-state index is 11.1. The van der Waals surface area contributed by atoms with Crippen molar-refractivity contribution in [2.75, 3.05) is 0 Å². The smallest absolute Gasteiger partial charge is 0.340 e. The second-order valence-electron chi connectivity index (χ2n) is 4.36. The third-order valence-electron chi connectivity index (χ3n) is 3.43. The fourth-order valence-electron chi connectivity index (χ4n) is 2.51. The van der Waals surface area contributed by atoms with E-state index in [2.05, 4.69) is 22.1 Å². The number of aliphatic carboxylic acids is 1. The number of carboxylic acid groups (broad SMARTS) is 1. The molecule has 3 unspecified atom stereocenters. The number of hydrogen-bond donors (Lipinski definition) is 3. The van der Waals surface area contributed by atoms with Crippen LogP contribution < -0.4 is 5.69 Å². The fourth-order valence-corrected chi connectivity index (χ4v) is 2.51. The zero-order valence-corrected chi connectivity index (χ0v) is 9.06. The molecule has 2 rings (SSSR count). The SMILES string of the molecule is CCC1CC(C(=O)O)C(c2n[nH]c(=O)[nH]2)C1. The van der Waals surface area contributed by atoms with Gasteiger partial charge in [0, 0.05) is 5.92 Å². The van der Waals surface area contributed by atoms with Crippen LogP contribution in [0.3, 0.4) is 0 Å². The lowest BCUT2D eigenvalue weighted by atomic mass is 9.96. The average Bonchev–Trinajstić information content (AvgIpc) is 2.82. The average molecular weight is 225 g/mol. The van der Waals surface area contributed by atoms with E-state index in [4.69, 9.17) is 5.11 Å². The van der Waals surface area contributed by atoms with Crippen molar-refractivity contribution in [3.8, 4) is 0 Å². The third kappa shape index (κ3) is 1.87.